The van der Waals surface area contributed by atoms with Gasteiger partial charge < -0.3 is 16.3 Å². The van der Waals surface area contributed by atoms with Crippen molar-refractivity contribution >= 4 is 11.7 Å². The summed E-state index contributed by atoms with van der Waals surface area (Å²) in [4.78, 5) is 20.7. The lowest BCUT2D eigenvalue weighted by atomic mass is 10.1. The van der Waals surface area contributed by atoms with Crippen LogP contribution in [0.5, 0.6) is 0 Å². The molecule has 0 aliphatic carbocycles. The first-order valence-electron chi connectivity index (χ1n) is 3.08. The van der Waals surface area contributed by atoms with Gasteiger partial charge in [0.15, 0.2) is 0 Å². The van der Waals surface area contributed by atoms with Crippen LogP contribution in [0.3, 0.4) is 0 Å². The second-order valence-electron chi connectivity index (χ2n) is 2.25. The van der Waals surface area contributed by atoms with Crippen LogP contribution in [-0.2, 0) is 9.59 Å². The van der Waals surface area contributed by atoms with Gasteiger partial charge in [-0.3, -0.25) is 4.79 Å². The maximum atomic E-state index is 10.4. The molecule has 0 bridgehead atoms. The lowest BCUT2D eigenvalue weighted by molar-refractivity contribution is -0.120. The molecule has 1 atom stereocenters. The Labute approximate surface area is 59.6 Å². The van der Waals surface area contributed by atoms with Crippen molar-refractivity contribution in [2.45, 2.75) is 25.8 Å². The number of hydrogen-bond acceptors (Lipinski definition) is 3. The zero-order valence-electron chi connectivity index (χ0n) is 5.96. The third-order valence-corrected chi connectivity index (χ3v) is 1.17. The summed E-state index contributed by atoms with van der Waals surface area (Å²) in [6.07, 6.45) is 0.675. The number of nitrogens with two attached hydrogens (primary N) is 2. The highest BCUT2D eigenvalue weighted by Gasteiger charge is 2.08. The Morgan fingerprint density at radius 2 is 2.00 bits per heavy atom. The topological polar surface area (TPSA) is 86.2 Å². The average molecular weight is 144 g/mol. The van der Waals surface area contributed by atoms with Gasteiger partial charge in [-0.15, -0.1) is 0 Å². The van der Waals surface area contributed by atoms with Gasteiger partial charge in [0.2, 0.25) is 5.91 Å². The summed E-state index contributed by atoms with van der Waals surface area (Å²) in [5.41, 5.74) is 10.1. The van der Waals surface area contributed by atoms with Crippen LogP contribution < -0.4 is 11.5 Å². The fourth-order valence-electron chi connectivity index (χ4n) is 0.501. The van der Waals surface area contributed by atoms with Crippen LogP contribution in [0.2, 0.25) is 0 Å². The lowest BCUT2D eigenvalue weighted by Crippen LogP contribution is -2.36. The molecule has 58 valence electrons. The Balaban J connectivity index is 3.49. The molecule has 0 aromatic rings. The molecule has 4 N–H and O–H groups in total. The second kappa shape index (κ2) is 4.00. The van der Waals surface area contributed by atoms with Crippen LogP contribution in [0, 0.1) is 0 Å². The van der Waals surface area contributed by atoms with E-state index in [1.54, 1.807) is 0 Å². The normalized spacial score (nSPS) is 12.6. The zero-order valence-corrected chi connectivity index (χ0v) is 5.96. The molecule has 0 fully saturated rings. The van der Waals surface area contributed by atoms with Gasteiger partial charge in [0, 0.05) is 6.42 Å². The summed E-state index contributed by atoms with van der Waals surface area (Å²) in [6.45, 7) is 1.45. The maximum absolute atomic E-state index is 10.4. The Hall–Kier alpha value is -0.900. The first-order valence-corrected chi connectivity index (χ1v) is 3.08. The van der Waals surface area contributed by atoms with Gasteiger partial charge in [-0.1, -0.05) is 0 Å². The standard InChI is InChI=1S/C6H12N2O2/c1-4(9)2-3-5(7)6(8)10/h5H,2-3,7H2,1H3,(H2,8,10)/t5-/m0/s1. The van der Waals surface area contributed by atoms with E-state index >= 15 is 0 Å². The van der Waals surface area contributed by atoms with Gasteiger partial charge in [0.05, 0.1) is 6.04 Å². The number of primary amides is 1. The van der Waals surface area contributed by atoms with E-state index in [-0.39, 0.29) is 5.78 Å². The van der Waals surface area contributed by atoms with E-state index in [1.165, 1.54) is 6.92 Å². The minimum atomic E-state index is -0.677. The van der Waals surface area contributed by atoms with Gasteiger partial charge >= 0.3 is 0 Å². The third-order valence-electron chi connectivity index (χ3n) is 1.17. The van der Waals surface area contributed by atoms with Gasteiger partial charge in [0.1, 0.15) is 5.78 Å². The molecule has 0 aliphatic rings. The van der Waals surface area contributed by atoms with Gasteiger partial charge in [-0.25, -0.2) is 0 Å². The first kappa shape index (κ1) is 9.10. The van der Waals surface area contributed by atoms with Crippen LogP contribution in [0.1, 0.15) is 19.8 Å². The molecule has 0 radical (unpaired) electrons. The number of carbonyl (C=O) groups excluding carboxylic acids is 2. The summed E-state index contributed by atoms with van der Waals surface area (Å²) in [5, 5.41) is 0. The predicted molar refractivity (Wildman–Crippen MR) is 37.1 cm³/mol. The highest BCUT2D eigenvalue weighted by atomic mass is 16.1. The van der Waals surface area contributed by atoms with E-state index in [9.17, 15) is 9.59 Å². The highest BCUT2D eigenvalue weighted by Crippen LogP contribution is 1.93. The van der Waals surface area contributed by atoms with Crippen LogP contribution >= 0.6 is 0 Å². The number of carbonyl (C=O) groups is 2. The van der Waals surface area contributed by atoms with Crippen LogP contribution in [-0.4, -0.2) is 17.7 Å². The molecular weight excluding hydrogens is 132 g/mol. The monoisotopic (exact) mass is 144 g/mol. The van der Waals surface area contributed by atoms with Crippen molar-refractivity contribution in [3.8, 4) is 0 Å². The minimum Gasteiger partial charge on any atom is -0.368 e. The Kier molecular flexibility index (Phi) is 3.64. The smallest absolute Gasteiger partial charge is 0.234 e. The fourth-order valence-corrected chi connectivity index (χ4v) is 0.501. The van der Waals surface area contributed by atoms with Crippen molar-refractivity contribution in [2.75, 3.05) is 0 Å². The molecule has 4 heteroatoms. The molecule has 0 aromatic heterocycles. The van der Waals surface area contributed by atoms with E-state index in [0.717, 1.165) is 0 Å². The zero-order chi connectivity index (χ0) is 8.15. The summed E-state index contributed by atoms with van der Waals surface area (Å²) in [5.74, 6) is -0.530. The molecule has 0 heterocycles. The van der Waals surface area contributed by atoms with Crippen molar-refractivity contribution in [3.05, 3.63) is 0 Å². The van der Waals surface area contributed by atoms with E-state index in [1.807, 2.05) is 0 Å². The molecule has 0 spiro atoms. The van der Waals surface area contributed by atoms with Gasteiger partial charge in [0.25, 0.3) is 0 Å². The summed E-state index contributed by atoms with van der Waals surface area (Å²) in [6, 6.07) is -0.677. The van der Waals surface area contributed by atoms with Crippen molar-refractivity contribution in [1.29, 1.82) is 0 Å². The molecule has 0 aliphatic heterocycles. The fraction of sp³-hybridized carbons (Fsp3) is 0.667. The van der Waals surface area contributed by atoms with Crippen molar-refractivity contribution in [3.63, 3.8) is 0 Å². The second-order valence-corrected chi connectivity index (χ2v) is 2.25. The molecule has 4 nitrogen and oxygen atoms in total. The van der Waals surface area contributed by atoms with E-state index in [0.29, 0.717) is 12.8 Å². The predicted octanol–water partition coefficient (Wildman–Crippen LogP) is -0.832. The van der Waals surface area contributed by atoms with Gasteiger partial charge in [-0.05, 0) is 13.3 Å². The van der Waals surface area contributed by atoms with E-state index < -0.39 is 11.9 Å². The summed E-state index contributed by atoms with van der Waals surface area (Å²) < 4.78 is 0. The SMILES string of the molecule is CC(=O)CC[C@H](N)C(N)=O. The number of Topliss-reactive ketones (excluding diaryl/α,β-unsaturated/α-hetero) is 1. The molecular formula is C6H12N2O2. The van der Waals surface area contributed by atoms with Crippen molar-refractivity contribution in [1.82, 2.24) is 0 Å². The Bertz CT molecular complexity index is 145. The molecule has 0 saturated carbocycles. The molecule has 0 rings (SSSR count). The van der Waals surface area contributed by atoms with Gasteiger partial charge in [-0.2, -0.15) is 0 Å². The molecule has 0 unspecified atom stereocenters. The van der Waals surface area contributed by atoms with Crippen LogP contribution in [0.25, 0.3) is 0 Å². The quantitative estimate of drug-likeness (QED) is 0.539. The summed E-state index contributed by atoms with van der Waals surface area (Å²) >= 11 is 0. The van der Waals surface area contributed by atoms with Crippen molar-refractivity contribution < 1.29 is 9.59 Å². The number of ketones is 1. The molecule has 0 saturated heterocycles. The molecule has 1 amide bonds. The largest absolute Gasteiger partial charge is 0.368 e. The Morgan fingerprint density at radius 1 is 1.50 bits per heavy atom. The van der Waals surface area contributed by atoms with Crippen LogP contribution in [0.15, 0.2) is 0 Å². The Morgan fingerprint density at radius 3 is 2.30 bits per heavy atom. The minimum absolute atomic E-state index is 0.0247. The molecule has 0 aromatic carbocycles. The maximum Gasteiger partial charge on any atom is 0.234 e. The van der Waals surface area contributed by atoms with E-state index in [2.05, 4.69) is 0 Å². The summed E-state index contributed by atoms with van der Waals surface area (Å²) in [7, 11) is 0. The number of rotatable bonds is 4. The number of amides is 1. The molecule has 10 heavy (non-hydrogen) atoms. The number of hydrogen-bond donors (Lipinski definition) is 2. The van der Waals surface area contributed by atoms with Crippen molar-refractivity contribution in [2.24, 2.45) is 11.5 Å². The lowest BCUT2D eigenvalue weighted by Gasteiger charge is -2.03. The highest BCUT2D eigenvalue weighted by molar-refractivity contribution is 5.81. The first-order chi connectivity index (χ1) is 4.54. The van der Waals surface area contributed by atoms with Crippen LogP contribution in [0.4, 0.5) is 0 Å². The van der Waals surface area contributed by atoms with E-state index in [4.69, 9.17) is 11.5 Å². The third kappa shape index (κ3) is 4.03. The average Bonchev–Trinajstić information content (AvgIpc) is 1.82.